The van der Waals surface area contributed by atoms with Gasteiger partial charge in [-0.1, -0.05) is 20.8 Å². The summed E-state index contributed by atoms with van der Waals surface area (Å²) in [6.07, 6.45) is -0.149. The molecule has 0 aromatic rings. The summed E-state index contributed by atoms with van der Waals surface area (Å²) < 4.78 is 16.6. The maximum absolute atomic E-state index is 13.6. The number of methoxy groups -OCH3 is 1. The van der Waals surface area contributed by atoms with Crippen LogP contribution in [0.25, 0.3) is 0 Å². The van der Waals surface area contributed by atoms with Crippen LogP contribution in [0.2, 0.25) is 0 Å². The summed E-state index contributed by atoms with van der Waals surface area (Å²) in [7, 11) is 1.43. The molecule has 31 heavy (non-hydrogen) atoms. The number of allylic oxidation sites excluding steroid dienone is 2. The normalized spacial score (nSPS) is 48.7. The summed E-state index contributed by atoms with van der Waals surface area (Å²) in [5.41, 5.74) is -3.76. The van der Waals surface area contributed by atoms with Crippen molar-refractivity contribution >= 4 is 23.5 Å². The predicted octanol–water partition coefficient (Wildman–Crippen LogP) is 1.58. The van der Waals surface area contributed by atoms with Gasteiger partial charge in [-0.25, -0.2) is 0 Å². The van der Waals surface area contributed by atoms with Crippen LogP contribution in [0.5, 0.6) is 0 Å². The number of rotatable bonds is 2. The fourth-order valence-corrected chi connectivity index (χ4v) is 7.44. The summed E-state index contributed by atoms with van der Waals surface area (Å²) in [5, 5.41) is 11.4. The molecule has 3 aliphatic carbocycles. The molecule has 1 saturated heterocycles. The van der Waals surface area contributed by atoms with E-state index in [4.69, 9.17) is 14.2 Å². The maximum atomic E-state index is 13.6. The molecule has 0 amide bonds. The van der Waals surface area contributed by atoms with Gasteiger partial charge in [-0.2, -0.15) is 0 Å². The van der Waals surface area contributed by atoms with Crippen LogP contribution in [-0.2, 0) is 33.4 Å². The monoisotopic (exact) mass is 434 g/mol. The van der Waals surface area contributed by atoms with Crippen LogP contribution in [-0.4, -0.2) is 53.5 Å². The van der Waals surface area contributed by atoms with Crippen molar-refractivity contribution in [3.05, 3.63) is 11.8 Å². The van der Waals surface area contributed by atoms with Crippen molar-refractivity contribution in [2.24, 2.45) is 34.5 Å². The Kier molecular flexibility index (Phi) is 4.71. The van der Waals surface area contributed by atoms with Crippen LogP contribution in [0, 0.1) is 34.5 Å². The molecule has 0 aromatic heterocycles. The lowest BCUT2D eigenvalue weighted by Crippen LogP contribution is -2.77. The number of Topliss-reactive ketones (excluding diaryl/α,β-unsaturated/α-hetero) is 2. The van der Waals surface area contributed by atoms with Gasteiger partial charge in [0.2, 0.25) is 11.6 Å². The van der Waals surface area contributed by atoms with Gasteiger partial charge in [0.15, 0.2) is 11.4 Å². The fraction of sp³-hybridized carbons (Fsp3) is 0.739. The van der Waals surface area contributed by atoms with E-state index in [9.17, 15) is 24.3 Å². The molecule has 4 aliphatic rings. The van der Waals surface area contributed by atoms with E-state index >= 15 is 0 Å². The summed E-state index contributed by atoms with van der Waals surface area (Å²) in [6.45, 7) is 8.24. The first-order valence-corrected chi connectivity index (χ1v) is 10.8. The first-order valence-electron chi connectivity index (χ1n) is 10.8. The Morgan fingerprint density at radius 3 is 2.45 bits per heavy atom. The van der Waals surface area contributed by atoms with Gasteiger partial charge >= 0.3 is 11.9 Å². The van der Waals surface area contributed by atoms with Crippen molar-refractivity contribution in [3.8, 4) is 0 Å². The Morgan fingerprint density at radius 1 is 1.23 bits per heavy atom. The third-order valence-corrected chi connectivity index (χ3v) is 8.72. The zero-order valence-electron chi connectivity index (χ0n) is 18.8. The van der Waals surface area contributed by atoms with Crippen molar-refractivity contribution in [3.63, 3.8) is 0 Å². The molecule has 8 nitrogen and oxygen atoms in total. The van der Waals surface area contributed by atoms with Crippen molar-refractivity contribution in [1.29, 1.82) is 0 Å². The molecule has 8 heteroatoms. The number of aliphatic hydroxyl groups excluding tert-OH is 1. The Bertz CT molecular complexity index is 907. The number of aliphatic hydroxyl groups is 1. The smallest absolute Gasteiger partial charge is 0.306 e. The van der Waals surface area contributed by atoms with E-state index in [0.717, 1.165) is 0 Å². The highest BCUT2D eigenvalue weighted by Gasteiger charge is 2.76. The molecule has 3 fully saturated rings. The molecule has 2 saturated carbocycles. The van der Waals surface area contributed by atoms with Crippen LogP contribution in [0.3, 0.4) is 0 Å². The number of ketones is 2. The molecule has 1 N–H and O–H groups in total. The maximum Gasteiger partial charge on any atom is 0.306 e. The van der Waals surface area contributed by atoms with Gasteiger partial charge in [0, 0.05) is 29.6 Å². The number of esters is 2. The van der Waals surface area contributed by atoms with E-state index < -0.39 is 58.2 Å². The summed E-state index contributed by atoms with van der Waals surface area (Å²) in [4.78, 5) is 51.6. The van der Waals surface area contributed by atoms with Gasteiger partial charge in [0.05, 0.1) is 13.5 Å². The predicted molar refractivity (Wildman–Crippen MR) is 106 cm³/mol. The zero-order chi connectivity index (χ0) is 23.1. The molecule has 1 heterocycles. The summed E-state index contributed by atoms with van der Waals surface area (Å²) in [6, 6.07) is 0. The van der Waals surface area contributed by atoms with Gasteiger partial charge in [0.1, 0.15) is 12.2 Å². The van der Waals surface area contributed by atoms with Gasteiger partial charge in [-0.05, 0) is 31.3 Å². The van der Waals surface area contributed by atoms with Crippen molar-refractivity contribution in [2.45, 2.75) is 65.3 Å². The third-order valence-electron chi connectivity index (χ3n) is 8.72. The van der Waals surface area contributed by atoms with Gasteiger partial charge in [-0.3, -0.25) is 19.2 Å². The van der Waals surface area contributed by atoms with E-state index in [1.54, 1.807) is 13.0 Å². The van der Waals surface area contributed by atoms with Crippen LogP contribution in [0.1, 0.15) is 47.5 Å². The highest BCUT2D eigenvalue weighted by Crippen LogP contribution is 2.68. The Morgan fingerprint density at radius 2 is 1.87 bits per heavy atom. The molecule has 9 atom stereocenters. The summed E-state index contributed by atoms with van der Waals surface area (Å²) in [5.74, 6) is -3.78. The van der Waals surface area contributed by atoms with E-state index in [1.807, 2.05) is 13.8 Å². The highest BCUT2D eigenvalue weighted by molar-refractivity contribution is 6.02. The quantitative estimate of drug-likeness (QED) is 0.651. The van der Waals surface area contributed by atoms with E-state index in [0.29, 0.717) is 6.42 Å². The van der Waals surface area contributed by atoms with Crippen molar-refractivity contribution < 1.29 is 38.5 Å². The topological polar surface area (TPSA) is 116 Å². The second kappa shape index (κ2) is 6.64. The lowest BCUT2D eigenvalue weighted by atomic mass is 9.37. The van der Waals surface area contributed by atoms with Crippen molar-refractivity contribution in [1.82, 2.24) is 0 Å². The number of hydrogen-bond donors (Lipinski definition) is 1. The average molecular weight is 434 g/mol. The van der Waals surface area contributed by atoms with Gasteiger partial charge in [0.25, 0.3) is 0 Å². The van der Waals surface area contributed by atoms with Crippen LogP contribution in [0.4, 0.5) is 0 Å². The number of fused-ring (bicyclic) bond motifs is 2. The zero-order valence-corrected chi connectivity index (χ0v) is 18.8. The molecular weight excluding hydrogens is 404 g/mol. The van der Waals surface area contributed by atoms with Crippen LogP contribution >= 0.6 is 0 Å². The minimum atomic E-state index is -1.69. The Balaban J connectivity index is 1.95. The van der Waals surface area contributed by atoms with Gasteiger partial charge in [-0.15, -0.1) is 0 Å². The van der Waals surface area contributed by atoms with Crippen LogP contribution in [0.15, 0.2) is 11.8 Å². The third kappa shape index (κ3) is 2.57. The molecule has 1 aliphatic heterocycles. The fourth-order valence-electron chi connectivity index (χ4n) is 7.44. The van der Waals surface area contributed by atoms with E-state index in [-0.39, 0.29) is 29.8 Å². The molecule has 9 unspecified atom stereocenters. The largest absolute Gasteiger partial charge is 0.493 e. The van der Waals surface area contributed by atoms with Crippen LogP contribution < -0.4 is 0 Å². The molecular formula is C23H30O8. The Labute approximate surface area is 181 Å². The number of carbonyl (C=O) groups is 4. The molecule has 0 spiro atoms. The van der Waals surface area contributed by atoms with E-state index in [2.05, 4.69) is 0 Å². The number of ether oxygens (including phenoxy) is 3. The number of carbonyl (C=O) groups excluding carboxylic acids is 4. The second-order valence-electron chi connectivity index (χ2n) is 10.1. The minimum absolute atomic E-state index is 0.0923. The lowest BCUT2D eigenvalue weighted by Gasteiger charge is -2.68. The highest BCUT2D eigenvalue weighted by atomic mass is 16.6. The minimum Gasteiger partial charge on any atom is -0.493 e. The number of hydrogen-bond acceptors (Lipinski definition) is 8. The average Bonchev–Trinajstić information content (AvgIpc) is 2.67. The van der Waals surface area contributed by atoms with Gasteiger partial charge < -0.3 is 19.3 Å². The molecule has 170 valence electrons. The first-order chi connectivity index (χ1) is 14.3. The second-order valence-corrected chi connectivity index (χ2v) is 10.1. The standard InChI is InChI=1S/C23H30O8/c1-10-7-13(29-6)19(27)21(3)12(10)8-15-22(4)14(9-16(25)30-15)23(5,31-11(2)24)20(28)17(26)18(21)22/h7,10,12,14-15,17-18,26H,8-9H2,1-6H3. The molecule has 4 rings (SSSR count). The lowest BCUT2D eigenvalue weighted by molar-refractivity contribution is -0.272. The van der Waals surface area contributed by atoms with Crippen molar-refractivity contribution in [2.75, 3.05) is 7.11 Å². The molecule has 0 aromatic carbocycles. The SMILES string of the molecule is COC1=CC(C)C2CC3OC(=O)CC4C(C)(OC(C)=O)C(=O)C(O)C(C2(C)C1=O)C34C. The molecule has 0 bridgehead atoms. The van der Waals surface area contributed by atoms with E-state index in [1.165, 1.54) is 21.0 Å². The molecule has 0 radical (unpaired) electrons. The summed E-state index contributed by atoms with van der Waals surface area (Å²) >= 11 is 0. The Hall–Kier alpha value is -2.22. The first kappa shape index (κ1) is 22.0.